The minimum Gasteiger partial charge on any atom is -0.356 e. The van der Waals surface area contributed by atoms with Gasteiger partial charge in [-0.3, -0.25) is 14.4 Å². The van der Waals surface area contributed by atoms with Gasteiger partial charge in [-0.1, -0.05) is 11.6 Å². The van der Waals surface area contributed by atoms with Crippen molar-refractivity contribution in [2.45, 2.75) is 32.1 Å². The summed E-state index contributed by atoms with van der Waals surface area (Å²) in [5.74, 6) is -0.910. The van der Waals surface area contributed by atoms with E-state index in [1.54, 1.807) is 24.3 Å². The predicted octanol–water partition coefficient (Wildman–Crippen LogP) is 3.61. The van der Waals surface area contributed by atoms with Crippen LogP contribution in [0.15, 0.2) is 24.3 Å². The zero-order valence-corrected chi connectivity index (χ0v) is 16.7. The second-order valence-corrected chi connectivity index (χ2v) is 8.59. The van der Waals surface area contributed by atoms with Gasteiger partial charge in [0, 0.05) is 34.5 Å². The molecule has 2 aliphatic rings. The molecule has 1 aromatic carbocycles. The van der Waals surface area contributed by atoms with Gasteiger partial charge in [0.1, 0.15) is 5.00 Å². The molecule has 0 saturated carbocycles. The van der Waals surface area contributed by atoms with Gasteiger partial charge in [0.15, 0.2) is 0 Å². The lowest BCUT2D eigenvalue weighted by molar-refractivity contribution is -0.129. The van der Waals surface area contributed by atoms with Crippen LogP contribution in [0.1, 0.15) is 40.1 Å². The molecule has 1 saturated heterocycles. The first-order valence-electron chi connectivity index (χ1n) is 9.30. The first-order chi connectivity index (χ1) is 13.5. The number of benzene rings is 1. The normalized spacial score (nSPS) is 18.3. The molecule has 3 N–H and O–H groups in total. The van der Waals surface area contributed by atoms with Gasteiger partial charge in [-0.15, -0.1) is 11.3 Å². The number of carbonyl (C=O) groups excluding carboxylic acids is 3. The molecule has 1 aliphatic carbocycles. The van der Waals surface area contributed by atoms with Crippen molar-refractivity contribution in [3.63, 3.8) is 0 Å². The van der Waals surface area contributed by atoms with Crippen LogP contribution >= 0.6 is 22.9 Å². The SMILES string of the molecule is O=C1CC(C(=O)Nc2sc3c(c2C(=O)Nc2ccc(Cl)cc2)CCC3)CCN1. The molecule has 28 heavy (non-hydrogen) atoms. The molecule has 146 valence electrons. The Morgan fingerprint density at radius 2 is 1.93 bits per heavy atom. The van der Waals surface area contributed by atoms with E-state index in [9.17, 15) is 14.4 Å². The molecule has 1 aromatic heterocycles. The molecule has 1 aliphatic heterocycles. The lowest BCUT2D eigenvalue weighted by Crippen LogP contribution is -2.38. The maximum Gasteiger partial charge on any atom is 0.258 e. The highest BCUT2D eigenvalue weighted by molar-refractivity contribution is 7.17. The Morgan fingerprint density at radius 1 is 1.14 bits per heavy atom. The van der Waals surface area contributed by atoms with Gasteiger partial charge in [-0.2, -0.15) is 0 Å². The summed E-state index contributed by atoms with van der Waals surface area (Å²) >= 11 is 7.37. The molecule has 3 amide bonds. The van der Waals surface area contributed by atoms with Gasteiger partial charge in [0.25, 0.3) is 5.91 Å². The number of hydrogen-bond donors (Lipinski definition) is 3. The zero-order chi connectivity index (χ0) is 19.7. The number of hydrogen-bond acceptors (Lipinski definition) is 4. The smallest absolute Gasteiger partial charge is 0.258 e. The van der Waals surface area contributed by atoms with Crippen LogP contribution in [0.3, 0.4) is 0 Å². The van der Waals surface area contributed by atoms with Gasteiger partial charge in [0.05, 0.1) is 5.56 Å². The maximum absolute atomic E-state index is 13.0. The van der Waals surface area contributed by atoms with E-state index in [1.807, 2.05) is 0 Å². The first-order valence-corrected chi connectivity index (χ1v) is 10.5. The van der Waals surface area contributed by atoms with Crippen LogP contribution in [-0.4, -0.2) is 24.3 Å². The molecular weight excluding hydrogens is 398 g/mol. The van der Waals surface area contributed by atoms with Crippen LogP contribution in [0.5, 0.6) is 0 Å². The monoisotopic (exact) mass is 417 g/mol. The van der Waals surface area contributed by atoms with Crippen LogP contribution in [0.25, 0.3) is 0 Å². The van der Waals surface area contributed by atoms with Crippen LogP contribution in [0.4, 0.5) is 10.7 Å². The molecule has 2 aromatic rings. The molecule has 1 atom stereocenters. The van der Waals surface area contributed by atoms with E-state index in [4.69, 9.17) is 11.6 Å². The lowest BCUT2D eigenvalue weighted by atomic mass is 9.96. The molecule has 0 bridgehead atoms. The van der Waals surface area contributed by atoms with Crippen molar-refractivity contribution >= 4 is 51.3 Å². The van der Waals surface area contributed by atoms with Crippen molar-refractivity contribution in [2.75, 3.05) is 17.2 Å². The van der Waals surface area contributed by atoms with Crippen molar-refractivity contribution in [3.8, 4) is 0 Å². The number of halogens is 1. The van der Waals surface area contributed by atoms with E-state index in [2.05, 4.69) is 16.0 Å². The number of rotatable bonds is 4. The molecule has 2 heterocycles. The van der Waals surface area contributed by atoms with Crippen molar-refractivity contribution in [1.29, 1.82) is 0 Å². The summed E-state index contributed by atoms with van der Waals surface area (Å²) in [6, 6.07) is 6.91. The van der Waals surface area contributed by atoms with Crippen LogP contribution in [0.2, 0.25) is 5.02 Å². The standard InChI is InChI=1S/C20H20ClN3O3S/c21-12-4-6-13(7-5-12)23-19(27)17-14-2-1-3-15(14)28-20(17)24-18(26)11-8-9-22-16(25)10-11/h4-7,11H,1-3,8-10H2,(H,22,25)(H,23,27)(H,24,26). The summed E-state index contributed by atoms with van der Waals surface area (Å²) in [6.45, 7) is 0.502. The van der Waals surface area contributed by atoms with Gasteiger partial charge in [-0.25, -0.2) is 0 Å². The van der Waals surface area contributed by atoms with Gasteiger partial charge in [-0.05, 0) is 55.5 Å². The maximum atomic E-state index is 13.0. The molecule has 6 nitrogen and oxygen atoms in total. The second-order valence-electron chi connectivity index (χ2n) is 7.05. The Labute approximate surface area is 171 Å². The van der Waals surface area contributed by atoms with Gasteiger partial charge < -0.3 is 16.0 Å². The third-order valence-corrected chi connectivity index (χ3v) is 6.56. The third kappa shape index (κ3) is 3.91. The fourth-order valence-corrected chi connectivity index (χ4v) is 5.10. The predicted molar refractivity (Wildman–Crippen MR) is 110 cm³/mol. The van der Waals surface area contributed by atoms with Gasteiger partial charge >= 0.3 is 0 Å². The quantitative estimate of drug-likeness (QED) is 0.710. The summed E-state index contributed by atoms with van der Waals surface area (Å²) in [7, 11) is 0. The molecule has 1 unspecified atom stereocenters. The lowest BCUT2D eigenvalue weighted by Gasteiger charge is -2.21. The highest BCUT2D eigenvalue weighted by atomic mass is 35.5. The molecule has 0 radical (unpaired) electrons. The highest BCUT2D eigenvalue weighted by Crippen LogP contribution is 2.40. The van der Waals surface area contributed by atoms with Crippen molar-refractivity contribution in [2.24, 2.45) is 5.92 Å². The van der Waals surface area contributed by atoms with E-state index in [0.717, 1.165) is 29.7 Å². The Kier molecular flexibility index (Phi) is 5.37. The van der Waals surface area contributed by atoms with E-state index in [1.165, 1.54) is 11.3 Å². The average molecular weight is 418 g/mol. The molecule has 1 fully saturated rings. The fraction of sp³-hybridized carbons (Fsp3) is 0.350. The van der Waals surface area contributed by atoms with Crippen LogP contribution in [-0.2, 0) is 22.4 Å². The molecular formula is C20H20ClN3O3S. The number of nitrogens with one attached hydrogen (secondary N) is 3. The fourth-order valence-electron chi connectivity index (χ4n) is 3.68. The number of aryl methyl sites for hydroxylation is 1. The summed E-state index contributed by atoms with van der Waals surface area (Å²) in [4.78, 5) is 38.4. The Hall–Kier alpha value is -2.38. The minimum absolute atomic E-state index is 0.110. The first kappa shape index (κ1) is 19.0. The highest BCUT2D eigenvalue weighted by Gasteiger charge is 2.30. The van der Waals surface area contributed by atoms with E-state index in [-0.39, 0.29) is 30.1 Å². The molecule has 4 rings (SSSR count). The van der Waals surface area contributed by atoms with E-state index in [0.29, 0.717) is 34.2 Å². The minimum atomic E-state index is -0.363. The van der Waals surface area contributed by atoms with Crippen molar-refractivity contribution in [1.82, 2.24) is 5.32 Å². The summed E-state index contributed by atoms with van der Waals surface area (Å²) in [5, 5.41) is 9.72. The summed E-state index contributed by atoms with van der Waals surface area (Å²) in [5.41, 5.74) is 2.21. The van der Waals surface area contributed by atoms with Gasteiger partial charge in [0.2, 0.25) is 11.8 Å². The topological polar surface area (TPSA) is 87.3 Å². The number of amides is 3. The second kappa shape index (κ2) is 7.93. The number of anilines is 2. The molecule has 8 heteroatoms. The number of piperidine rings is 1. The van der Waals surface area contributed by atoms with Crippen LogP contribution < -0.4 is 16.0 Å². The van der Waals surface area contributed by atoms with E-state index >= 15 is 0 Å². The van der Waals surface area contributed by atoms with E-state index < -0.39 is 0 Å². The zero-order valence-electron chi connectivity index (χ0n) is 15.1. The number of fused-ring (bicyclic) bond motifs is 1. The van der Waals surface area contributed by atoms with Crippen molar-refractivity contribution < 1.29 is 14.4 Å². The van der Waals surface area contributed by atoms with Crippen molar-refractivity contribution in [3.05, 3.63) is 45.3 Å². The summed E-state index contributed by atoms with van der Waals surface area (Å²) in [6.07, 6.45) is 3.55. The van der Waals surface area contributed by atoms with Crippen LogP contribution in [0, 0.1) is 5.92 Å². The Balaban J connectivity index is 1.56. The largest absolute Gasteiger partial charge is 0.356 e. The number of carbonyl (C=O) groups is 3. The third-order valence-electron chi connectivity index (χ3n) is 5.10. The Morgan fingerprint density at radius 3 is 2.68 bits per heavy atom. The molecule has 0 spiro atoms. The number of thiophene rings is 1. The Bertz CT molecular complexity index is 939. The summed E-state index contributed by atoms with van der Waals surface area (Å²) < 4.78 is 0. The average Bonchev–Trinajstić information content (AvgIpc) is 3.24.